The summed E-state index contributed by atoms with van der Waals surface area (Å²) in [4.78, 5) is 6.39. The Labute approximate surface area is 187 Å². The molecule has 1 fully saturated rings. The Hall–Kier alpha value is -1.91. The number of guanidine groups is 1. The summed E-state index contributed by atoms with van der Waals surface area (Å²) in [5.74, 6) is -0.289. The Morgan fingerprint density at radius 2 is 2.07 bits per heavy atom. The van der Waals surface area contributed by atoms with Gasteiger partial charge in [-0.15, -0.1) is 24.0 Å². The molecule has 6 nitrogen and oxygen atoms in total. The summed E-state index contributed by atoms with van der Waals surface area (Å²) in [6.45, 7) is 4.62. The van der Waals surface area contributed by atoms with Crippen LogP contribution in [-0.4, -0.2) is 48.0 Å². The first-order valence-corrected chi connectivity index (χ1v) is 9.78. The first-order valence-electron chi connectivity index (χ1n) is 9.78. The topological polar surface area (TPSA) is 57.5 Å². The van der Waals surface area contributed by atoms with Gasteiger partial charge in [0.1, 0.15) is 17.3 Å². The van der Waals surface area contributed by atoms with Crippen LogP contribution in [0, 0.1) is 11.6 Å². The van der Waals surface area contributed by atoms with Gasteiger partial charge in [0.05, 0.1) is 6.20 Å². The standard InChI is InChI=1S/C20H28F2N6.HI/c1-3-23-20(24-10-5-6-15-12-25-27(2)13-15)26-16-9-11-28(14-16)19-17(21)7-4-8-18(19)22;/h4,7-8,12-13,16H,3,5-6,9-11,14H2,1-2H3,(H2,23,24,26);1H. The Morgan fingerprint density at radius 1 is 1.31 bits per heavy atom. The number of aryl methyl sites for hydroxylation is 2. The molecule has 0 aliphatic carbocycles. The summed E-state index contributed by atoms with van der Waals surface area (Å²) in [5.41, 5.74) is 1.26. The molecule has 0 saturated carbocycles. The summed E-state index contributed by atoms with van der Waals surface area (Å²) < 4.78 is 29.8. The lowest BCUT2D eigenvalue weighted by Crippen LogP contribution is -2.44. The Morgan fingerprint density at radius 3 is 2.72 bits per heavy atom. The van der Waals surface area contributed by atoms with Gasteiger partial charge in [-0.25, -0.2) is 8.78 Å². The first-order chi connectivity index (χ1) is 13.6. The van der Waals surface area contributed by atoms with Crippen LogP contribution in [0.15, 0.2) is 35.6 Å². The molecule has 2 heterocycles. The van der Waals surface area contributed by atoms with Gasteiger partial charge in [0.15, 0.2) is 5.96 Å². The lowest BCUT2D eigenvalue weighted by molar-refractivity contribution is 0.576. The Balaban J connectivity index is 0.00000300. The van der Waals surface area contributed by atoms with Gasteiger partial charge < -0.3 is 15.5 Å². The van der Waals surface area contributed by atoms with Gasteiger partial charge >= 0.3 is 0 Å². The molecule has 0 bridgehead atoms. The van der Waals surface area contributed by atoms with Gasteiger partial charge in [-0.1, -0.05) is 6.07 Å². The predicted molar refractivity (Wildman–Crippen MR) is 123 cm³/mol. The lowest BCUT2D eigenvalue weighted by Gasteiger charge is -2.21. The fraction of sp³-hybridized carbons (Fsp3) is 0.500. The Kier molecular flexibility index (Phi) is 9.12. The molecule has 0 radical (unpaired) electrons. The number of halogens is 3. The maximum Gasteiger partial charge on any atom is 0.191 e. The van der Waals surface area contributed by atoms with Crippen LogP contribution >= 0.6 is 24.0 Å². The van der Waals surface area contributed by atoms with Crippen molar-refractivity contribution in [2.75, 3.05) is 31.1 Å². The predicted octanol–water partition coefficient (Wildman–Crippen LogP) is 3.08. The normalized spacial score (nSPS) is 16.6. The van der Waals surface area contributed by atoms with E-state index in [0.717, 1.165) is 31.8 Å². The number of hydrogen-bond donors (Lipinski definition) is 2. The minimum absolute atomic E-state index is 0. The van der Waals surface area contributed by atoms with Crippen LogP contribution < -0.4 is 15.5 Å². The molecule has 2 N–H and O–H groups in total. The molecule has 1 aliphatic rings. The highest BCUT2D eigenvalue weighted by Gasteiger charge is 2.27. The highest BCUT2D eigenvalue weighted by molar-refractivity contribution is 14.0. The van der Waals surface area contributed by atoms with Crippen LogP contribution in [0.5, 0.6) is 0 Å². The quantitative estimate of drug-likeness (QED) is 0.256. The summed E-state index contributed by atoms with van der Waals surface area (Å²) >= 11 is 0. The molecule has 1 saturated heterocycles. The third kappa shape index (κ3) is 6.55. The van der Waals surface area contributed by atoms with Crippen molar-refractivity contribution in [2.24, 2.45) is 12.0 Å². The van der Waals surface area contributed by atoms with Crippen LogP contribution in [0.25, 0.3) is 0 Å². The minimum Gasteiger partial charge on any atom is -0.365 e. The molecule has 1 aromatic heterocycles. The zero-order chi connectivity index (χ0) is 19.9. The average molecular weight is 518 g/mol. The molecule has 2 aromatic rings. The number of nitrogens with one attached hydrogen (secondary N) is 2. The number of aliphatic imine (C=N–C) groups is 1. The number of benzene rings is 1. The number of hydrogen-bond acceptors (Lipinski definition) is 3. The highest BCUT2D eigenvalue weighted by atomic mass is 127. The molecular weight excluding hydrogens is 489 g/mol. The van der Waals surface area contributed by atoms with E-state index in [9.17, 15) is 8.78 Å². The molecule has 9 heteroatoms. The number of nitrogens with zero attached hydrogens (tertiary/aromatic N) is 4. The maximum absolute atomic E-state index is 14.0. The molecule has 160 valence electrons. The van der Waals surface area contributed by atoms with E-state index in [1.54, 1.807) is 9.58 Å². The van der Waals surface area contributed by atoms with E-state index in [0.29, 0.717) is 19.6 Å². The van der Waals surface area contributed by atoms with Gasteiger partial charge in [-0.05, 0) is 43.9 Å². The monoisotopic (exact) mass is 518 g/mol. The molecule has 1 atom stereocenters. The zero-order valence-corrected chi connectivity index (χ0v) is 19.2. The fourth-order valence-electron chi connectivity index (χ4n) is 3.46. The van der Waals surface area contributed by atoms with Crippen LogP contribution in [0.1, 0.15) is 25.3 Å². The average Bonchev–Trinajstić information content (AvgIpc) is 3.28. The van der Waals surface area contributed by atoms with E-state index in [1.165, 1.54) is 23.8 Å². The number of rotatable bonds is 7. The van der Waals surface area contributed by atoms with E-state index < -0.39 is 11.6 Å². The van der Waals surface area contributed by atoms with Crippen LogP contribution in [-0.2, 0) is 13.5 Å². The minimum atomic E-state index is -0.517. The second-order valence-corrected chi connectivity index (χ2v) is 7.03. The molecule has 1 aromatic carbocycles. The zero-order valence-electron chi connectivity index (χ0n) is 16.9. The van der Waals surface area contributed by atoms with E-state index in [1.807, 2.05) is 26.4 Å². The van der Waals surface area contributed by atoms with Crippen molar-refractivity contribution in [3.05, 3.63) is 47.8 Å². The van der Waals surface area contributed by atoms with Crippen molar-refractivity contribution < 1.29 is 8.78 Å². The largest absolute Gasteiger partial charge is 0.365 e. The van der Waals surface area contributed by atoms with Gasteiger partial charge in [0, 0.05) is 45.5 Å². The van der Waals surface area contributed by atoms with Gasteiger partial charge in [0.25, 0.3) is 0 Å². The second-order valence-electron chi connectivity index (χ2n) is 7.03. The molecule has 1 unspecified atom stereocenters. The fourth-order valence-corrected chi connectivity index (χ4v) is 3.46. The van der Waals surface area contributed by atoms with Crippen molar-refractivity contribution >= 4 is 35.6 Å². The number of anilines is 1. The van der Waals surface area contributed by atoms with E-state index in [-0.39, 0.29) is 35.7 Å². The van der Waals surface area contributed by atoms with Crippen molar-refractivity contribution in [1.29, 1.82) is 0 Å². The summed E-state index contributed by atoms with van der Waals surface area (Å²) in [6, 6.07) is 4.08. The molecule has 0 spiro atoms. The molecule has 0 amide bonds. The van der Waals surface area contributed by atoms with E-state index >= 15 is 0 Å². The Bertz CT molecular complexity index is 790. The smallest absolute Gasteiger partial charge is 0.191 e. The van der Waals surface area contributed by atoms with Crippen LogP contribution in [0.2, 0.25) is 0 Å². The van der Waals surface area contributed by atoms with Crippen molar-refractivity contribution in [2.45, 2.75) is 32.2 Å². The SMILES string of the molecule is CCNC(=NCCCc1cnn(C)c1)NC1CCN(c2c(F)cccc2F)C1.I. The van der Waals surface area contributed by atoms with Gasteiger partial charge in [-0.2, -0.15) is 5.10 Å². The van der Waals surface area contributed by atoms with E-state index in [2.05, 4.69) is 20.7 Å². The van der Waals surface area contributed by atoms with Crippen molar-refractivity contribution in [1.82, 2.24) is 20.4 Å². The van der Waals surface area contributed by atoms with Crippen LogP contribution in [0.4, 0.5) is 14.5 Å². The molecule has 29 heavy (non-hydrogen) atoms. The van der Waals surface area contributed by atoms with Crippen molar-refractivity contribution in [3.63, 3.8) is 0 Å². The molecule has 3 rings (SSSR count). The molecule has 1 aliphatic heterocycles. The summed E-state index contributed by atoms with van der Waals surface area (Å²) in [6.07, 6.45) is 6.55. The van der Waals surface area contributed by atoms with Gasteiger partial charge in [-0.3, -0.25) is 9.67 Å². The first kappa shape index (κ1) is 23.4. The van der Waals surface area contributed by atoms with Gasteiger partial charge in [0.2, 0.25) is 0 Å². The second kappa shape index (κ2) is 11.3. The number of para-hydroxylation sites is 1. The highest BCUT2D eigenvalue weighted by Crippen LogP contribution is 2.26. The maximum atomic E-state index is 14.0. The number of aromatic nitrogens is 2. The third-order valence-electron chi connectivity index (χ3n) is 4.78. The summed E-state index contributed by atoms with van der Waals surface area (Å²) in [5, 5.41) is 10.8. The van der Waals surface area contributed by atoms with E-state index in [4.69, 9.17) is 0 Å². The van der Waals surface area contributed by atoms with Crippen molar-refractivity contribution in [3.8, 4) is 0 Å². The summed E-state index contributed by atoms with van der Waals surface area (Å²) in [7, 11) is 1.91. The third-order valence-corrected chi connectivity index (χ3v) is 4.78. The van der Waals surface area contributed by atoms with Crippen LogP contribution in [0.3, 0.4) is 0 Å². The molecular formula is C20H29F2IN6. The lowest BCUT2D eigenvalue weighted by atomic mass is 10.2.